The van der Waals surface area contributed by atoms with Crippen molar-refractivity contribution < 1.29 is 28.6 Å². The van der Waals surface area contributed by atoms with E-state index < -0.39 is 11.8 Å². The number of likely N-dealkylation sites (N-methyl/N-ethyl adjacent to an activating group) is 1. The fourth-order valence-corrected chi connectivity index (χ4v) is 4.17. The standard InChI is InChI=1S/C29H45ClN2O6/c1-6-7-8-9-11-14-24(36-3)15-12-10-13-16-27(33)31(2)21-23(20-30)17-25(37-4)18-28(34)32-22-26(38-5)19-29(32)35/h10,12,18-20,24H,6-9,11,13-17,21-22H2,1-5H3/b12-10+,23-20+,25-18+. The van der Waals surface area contributed by atoms with E-state index in [0.29, 0.717) is 36.5 Å². The Morgan fingerprint density at radius 1 is 1.16 bits per heavy atom. The summed E-state index contributed by atoms with van der Waals surface area (Å²) in [5.74, 6) is -0.200. The fourth-order valence-electron chi connectivity index (χ4n) is 4.02. The summed E-state index contributed by atoms with van der Waals surface area (Å²) in [5, 5.41) is 0. The van der Waals surface area contributed by atoms with Crippen molar-refractivity contribution >= 4 is 29.3 Å². The Balaban J connectivity index is 2.47. The number of methoxy groups -OCH3 is 3. The molecule has 1 unspecified atom stereocenters. The topological polar surface area (TPSA) is 85.4 Å². The average Bonchev–Trinajstić information content (AvgIpc) is 3.31. The molecule has 0 bridgehead atoms. The lowest BCUT2D eigenvalue weighted by atomic mass is 10.1. The molecular weight excluding hydrogens is 508 g/mol. The predicted molar refractivity (Wildman–Crippen MR) is 150 cm³/mol. The van der Waals surface area contributed by atoms with Crippen LogP contribution < -0.4 is 0 Å². The number of hydrogen-bond donors (Lipinski definition) is 0. The van der Waals surface area contributed by atoms with Crippen molar-refractivity contribution in [1.29, 1.82) is 0 Å². The number of rotatable bonds is 19. The van der Waals surface area contributed by atoms with Crippen molar-refractivity contribution in [3.05, 3.63) is 46.9 Å². The second kappa shape index (κ2) is 19.5. The van der Waals surface area contributed by atoms with Crippen LogP contribution in [0.2, 0.25) is 0 Å². The Morgan fingerprint density at radius 3 is 2.50 bits per heavy atom. The van der Waals surface area contributed by atoms with E-state index in [1.54, 1.807) is 19.1 Å². The number of ether oxygens (including phenoxy) is 3. The van der Waals surface area contributed by atoms with E-state index in [9.17, 15) is 14.4 Å². The monoisotopic (exact) mass is 552 g/mol. The van der Waals surface area contributed by atoms with Crippen molar-refractivity contribution in [3.8, 4) is 0 Å². The zero-order valence-electron chi connectivity index (χ0n) is 23.7. The molecule has 1 aliphatic rings. The third-order valence-electron chi connectivity index (χ3n) is 6.41. The molecule has 3 amide bonds. The lowest BCUT2D eigenvalue weighted by Gasteiger charge is -2.19. The first-order chi connectivity index (χ1) is 18.3. The summed E-state index contributed by atoms with van der Waals surface area (Å²) in [6, 6.07) is 0. The molecule has 38 heavy (non-hydrogen) atoms. The van der Waals surface area contributed by atoms with Gasteiger partial charge in [-0.25, -0.2) is 0 Å². The van der Waals surface area contributed by atoms with Gasteiger partial charge in [0.15, 0.2) is 0 Å². The molecule has 0 N–H and O–H groups in total. The molecule has 0 saturated heterocycles. The normalized spacial score (nSPS) is 15.2. The van der Waals surface area contributed by atoms with E-state index in [4.69, 9.17) is 25.8 Å². The largest absolute Gasteiger partial charge is 0.501 e. The van der Waals surface area contributed by atoms with E-state index in [1.807, 2.05) is 6.08 Å². The smallest absolute Gasteiger partial charge is 0.257 e. The number of amides is 3. The minimum absolute atomic E-state index is 0.00950. The van der Waals surface area contributed by atoms with Gasteiger partial charge in [0, 0.05) is 51.2 Å². The Hall–Kier alpha value is -2.58. The first-order valence-corrected chi connectivity index (χ1v) is 13.8. The highest BCUT2D eigenvalue weighted by Crippen LogP contribution is 2.18. The quantitative estimate of drug-likeness (QED) is 0.0911. The lowest BCUT2D eigenvalue weighted by molar-refractivity contribution is -0.137. The van der Waals surface area contributed by atoms with Crippen LogP contribution in [0.25, 0.3) is 0 Å². The molecule has 9 heteroatoms. The Bertz CT molecular complexity index is 880. The van der Waals surface area contributed by atoms with Crippen LogP contribution in [-0.2, 0) is 28.6 Å². The second-order valence-electron chi connectivity index (χ2n) is 9.39. The Kier molecular flexibility index (Phi) is 17.1. The van der Waals surface area contributed by atoms with Gasteiger partial charge < -0.3 is 19.1 Å². The summed E-state index contributed by atoms with van der Waals surface area (Å²) >= 11 is 6.01. The minimum Gasteiger partial charge on any atom is -0.501 e. The molecule has 1 aliphatic heterocycles. The molecule has 0 radical (unpaired) electrons. The molecule has 1 atom stereocenters. The first-order valence-electron chi connectivity index (χ1n) is 13.3. The summed E-state index contributed by atoms with van der Waals surface area (Å²) in [6.07, 6.45) is 16.3. The molecular formula is C29H45ClN2O6. The van der Waals surface area contributed by atoms with Gasteiger partial charge in [0.1, 0.15) is 11.5 Å². The van der Waals surface area contributed by atoms with Crippen molar-refractivity contribution in [2.45, 2.75) is 77.2 Å². The van der Waals surface area contributed by atoms with Gasteiger partial charge in [0.2, 0.25) is 5.91 Å². The lowest BCUT2D eigenvalue weighted by Crippen LogP contribution is -2.32. The van der Waals surface area contributed by atoms with E-state index >= 15 is 0 Å². The first kappa shape index (κ1) is 33.4. The summed E-state index contributed by atoms with van der Waals surface area (Å²) in [7, 11) is 6.36. The number of carbonyl (C=O) groups excluding carboxylic acids is 3. The number of imide groups is 1. The number of nitrogens with zero attached hydrogens (tertiary/aromatic N) is 2. The van der Waals surface area contributed by atoms with Crippen molar-refractivity contribution in [2.24, 2.45) is 0 Å². The van der Waals surface area contributed by atoms with Crippen LogP contribution in [0.1, 0.15) is 71.1 Å². The molecule has 0 fully saturated rings. The van der Waals surface area contributed by atoms with E-state index in [-0.39, 0.29) is 25.0 Å². The molecule has 0 spiro atoms. The van der Waals surface area contributed by atoms with Crippen molar-refractivity contribution in [2.75, 3.05) is 41.5 Å². The van der Waals surface area contributed by atoms with Crippen LogP contribution in [-0.4, -0.2) is 75.1 Å². The van der Waals surface area contributed by atoms with Crippen LogP contribution in [0.15, 0.2) is 46.9 Å². The van der Waals surface area contributed by atoms with Gasteiger partial charge >= 0.3 is 0 Å². The number of allylic oxidation sites excluding steroid dienone is 2. The number of unbranched alkanes of at least 4 members (excludes halogenated alkanes) is 4. The van der Waals surface area contributed by atoms with Crippen LogP contribution in [0.3, 0.4) is 0 Å². The third kappa shape index (κ3) is 12.8. The summed E-state index contributed by atoms with van der Waals surface area (Å²) in [4.78, 5) is 39.8. The average molecular weight is 553 g/mol. The van der Waals surface area contributed by atoms with Gasteiger partial charge in [-0.15, -0.1) is 0 Å². The molecule has 0 saturated carbocycles. The molecule has 0 aromatic heterocycles. The van der Waals surface area contributed by atoms with Gasteiger partial charge in [0.05, 0.1) is 26.9 Å². The van der Waals surface area contributed by atoms with Crippen LogP contribution in [0.4, 0.5) is 0 Å². The molecule has 0 aromatic carbocycles. The molecule has 8 nitrogen and oxygen atoms in total. The molecule has 214 valence electrons. The zero-order valence-corrected chi connectivity index (χ0v) is 24.4. The summed E-state index contributed by atoms with van der Waals surface area (Å²) in [5.41, 5.74) is 2.09. The number of halogens is 1. The maximum absolute atomic E-state index is 12.6. The molecule has 1 rings (SSSR count). The van der Waals surface area contributed by atoms with Gasteiger partial charge in [-0.3, -0.25) is 19.3 Å². The van der Waals surface area contributed by atoms with Crippen molar-refractivity contribution in [1.82, 2.24) is 9.80 Å². The molecule has 1 heterocycles. The minimum atomic E-state index is -0.507. The van der Waals surface area contributed by atoms with Gasteiger partial charge in [-0.05, 0) is 24.8 Å². The highest BCUT2D eigenvalue weighted by atomic mass is 35.5. The van der Waals surface area contributed by atoms with E-state index in [2.05, 4.69) is 13.0 Å². The fraction of sp³-hybridized carbons (Fsp3) is 0.621. The van der Waals surface area contributed by atoms with Crippen LogP contribution in [0, 0.1) is 0 Å². The maximum atomic E-state index is 12.6. The second-order valence-corrected chi connectivity index (χ2v) is 9.61. The maximum Gasteiger partial charge on any atom is 0.257 e. The SMILES string of the molecule is CCCCCCCC(C/C=C/CCC(=O)N(C)C/C(=C/Cl)C/C(=C\C(=O)N1CC(OC)=CC1=O)OC)OC. The number of hydrogen-bond acceptors (Lipinski definition) is 6. The number of carbonyl (C=O) groups is 3. The molecule has 0 aliphatic carbocycles. The van der Waals surface area contributed by atoms with E-state index in [0.717, 1.165) is 17.7 Å². The third-order valence-corrected chi connectivity index (χ3v) is 6.72. The molecule has 0 aromatic rings. The highest BCUT2D eigenvalue weighted by Gasteiger charge is 2.27. The highest BCUT2D eigenvalue weighted by molar-refractivity contribution is 6.25. The van der Waals surface area contributed by atoms with Gasteiger partial charge in [-0.1, -0.05) is 62.8 Å². The Morgan fingerprint density at radius 2 is 1.89 bits per heavy atom. The van der Waals surface area contributed by atoms with Gasteiger partial charge in [-0.2, -0.15) is 0 Å². The predicted octanol–water partition coefficient (Wildman–Crippen LogP) is 5.49. The summed E-state index contributed by atoms with van der Waals surface area (Å²) in [6.45, 7) is 2.59. The summed E-state index contributed by atoms with van der Waals surface area (Å²) < 4.78 is 16.0. The van der Waals surface area contributed by atoms with Crippen LogP contribution >= 0.6 is 11.6 Å². The van der Waals surface area contributed by atoms with E-state index in [1.165, 1.54) is 64.0 Å². The van der Waals surface area contributed by atoms with Crippen LogP contribution in [0.5, 0.6) is 0 Å². The zero-order chi connectivity index (χ0) is 28.3. The van der Waals surface area contributed by atoms with Crippen molar-refractivity contribution in [3.63, 3.8) is 0 Å². The Labute approximate surface area is 233 Å². The van der Waals surface area contributed by atoms with Gasteiger partial charge in [0.25, 0.3) is 11.8 Å².